The standard InChI is InChI=1S/C13H18N2O3/c1-18-13(6-4-2-3-5-7-13)12-14-8-10(9-15-12)11(16)17/h8-9H,2-7H2,1H3,(H,16,17). The molecule has 0 amide bonds. The molecular weight excluding hydrogens is 232 g/mol. The van der Waals surface area contributed by atoms with E-state index in [0.717, 1.165) is 25.7 Å². The van der Waals surface area contributed by atoms with Crippen LogP contribution >= 0.6 is 0 Å². The van der Waals surface area contributed by atoms with Gasteiger partial charge >= 0.3 is 5.97 Å². The van der Waals surface area contributed by atoms with Gasteiger partial charge in [0.25, 0.3) is 0 Å². The first-order valence-electron chi connectivity index (χ1n) is 6.29. The fourth-order valence-electron chi connectivity index (χ4n) is 2.49. The maximum atomic E-state index is 10.8. The van der Waals surface area contributed by atoms with Crippen LogP contribution in [0.3, 0.4) is 0 Å². The lowest BCUT2D eigenvalue weighted by molar-refractivity contribution is -0.0352. The Labute approximate surface area is 106 Å². The van der Waals surface area contributed by atoms with Gasteiger partial charge < -0.3 is 9.84 Å². The molecule has 0 aliphatic heterocycles. The second-order valence-electron chi connectivity index (χ2n) is 4.71. The Kier molecular flexibility index (Phi) is 3.91. The summed E-state index contributed by atoms with van der Waals surface area (Å²) in [5.41, 5.74) is -0.327. The fourth-order valence-corrected chi connectivity index (χ4v) is 2.49. The van der Waals surface area contributed by atoms with Crippen LogP contribution in [0.1, 0.15) is 54.7 Å². The molecule has 1 fully saturated rings. The molecule has 1 aliphatic rings. The van der Waals surface area contributed by atoms with Gasteiger partial charge in [-0.25, -0.2) is 14.8 Å². The SMILES string of the molecule is COC1(c2ncc(C(=O)O)cn2)CCCCCC1. The highest BCUT2D eigenvalue weighted by molar-refractivity contribution is 5.86. The smallest absolute Gasteiger partial charge is 0.338 e. The van der Waals surface area contributed by atoms with Gasteiger partial charge in [0, 0.05) is 19.5 Å². The number of carboxylic acids is 1. The average Bonchev–Trinajstić information content (AvgIpc) is 2.65. The topological polar surface area (TPSA) is 72.3 Å². The van der Waals surface area contributed by atoms with Gasteiger partial charge in [0.1, 0.15) is 5.60 Å². The molecule has 0 saturated heterocycles. The third-order valence-electron chi connectivity index (χ3n) is 3.61. The molecule has 0 aromatic carbocycles. The van der Waals surface area contributed by atoms with Crippen molar-refractivity contribution in [2.45, 2.75) is 44.1 Å². The Hall–Kier alpha value is -1.49. The number of aromatic carboxylic acids is 1. The summed E-state index contributed by atoms with van der Waals surface area (Å²) in [6.45, 7) is 0. The Bertz CT molecular complexity index is 409. The molecule has 98 valence electrons. The van der Waals surface area contributed by atoms with E-state index in [0.29, 0.717) is 5.82 Å². The molecule has 1 aliphatic carbocycles. The fraction of sp³-hybridized carbons (Fsp3) is 0.615. The molecule has 18 heavy (non-hydrogen) atoms. The Morgan fingerprint density at radius 1 is 1.22 bits per heavy atom. The predicted molar refractivity (Wildman–Crippen MR) is 65.4 cm³/mol. The lowest BCUT2D eigenvalue weighted by Gasteiger charge is -2.29. The van der Waals surface area contributed by atoms with Gasteiger partial charge in [-0.05, 0) is 12.8 Å². The molecule has 0 atom stereocenters. The third kappa shape index (κ3) is 2.51. The molecule has 0 bridgehead atoms. The van der Waals surface area contributed by atoms with Crippen molar-refractivity contribution in [3.8, 4) is 0 Å². The van der Waals surface area contributed by atoms with Crippen molar-refractivity contribution in [2.75, 3.05) is 7.11 Å². The van der Waals surface area contributed by atoms with Gasteiger partial charge in [-0.2, -0.15) is 0 Å². The number of hydrogen-bond acceptors (Lipinski definition) is 4. The zero-order chi connectivity index (χ0) is 13.0. The summed E-state index contributed by atoms with van der Waals surface area (Å²) in [7, 11) is 1.68. The van der Waals surface area contributed by atoms with Crippen LogP contribution in [0.15, 0.2) is 12.4 Å². The molecule has 1 aromatic heterocycles. The van der Waals surface area contributed by atoms with Crippen LogP contribution in [0.2, 0.25) is 0 Å². The average molecular weight is 250 g/mol. The first kappa shape index (κ1) is 13.0. The van der Waals surface area contributed by atoms with Crippen LogP contribution < -0.4 is 0 Å². The second-order valence-corrected chi connectivity index (χ2v) is 4.71. The van der Waals surface area contributed by atoms with Crippen LogP contribution in [0, 0.1) is 0 Å². The van der Waals surface area contributed by atoms with Crippen LogP contribution in [0.25, 0.3) is 0 Å². The summed E-state index contributed by atoms with van der Waals surface area (Å²) >= 11 is 0. The zero-order valence-electron chi connectivity index (χ0n) is 10.6. The number of aromatic nitrogens is 2. The Morgan fingerprint density at radius 2 is 1.78 bits per heavy atom. The van der Waals surface area contributed by atoms with E-state index in [-0.39, 0.29) is 5.56 Å². The predicted octanol–water partition coefficient (Wildman–Crippen LogP) is 2.37. The zero-order valence-corrected chi connectivity index (χ0v) is 10.6. The number of hydrogen-bond donors (Lipinski definition) is 1. The van der Waals surface area contributed by atoms with Crippen molar-refractivity contribution in [1.82, 2.24) is 9.97 Å². The summed E-state index contributed by atoms with van der Waals surface area (Å²) in [6.07, 6.45) is 9.12. The quantitative estimate of drug-likeness (QED) is 0.834. The van der Waals surface area contributed by atoms with Crippen LogP contribution in [-0.2, 0) is 10.3 Å². The molecule has 0 spiro atoms. The lowest BCUT2D eigenvalue weighted by atomic mass is 9.93. The van der Waals surface area contributed by atoms with Crippen molar-refractivity contribution in [3.05, 3.63) is 23.8 Å². The van der Waals surface area contributed by atoms with E-state index in [1.54, 1.807) is 7.11 Å². The van der Waals surface area contributed by atoms with Gasteiger partial charge in [0.15, 0.2) is 5.82 Å². The molecule has 0 radical (unpaired) electrons. The largest absolute Gasteiger partial charge is 0.478 e. The van der Waals surface area contributed by atoms with Crippen molar-refractivity contribution >= 4 is 5.97 Å². The molecule has 1 heterocycles. The first-order valence-corrected chi connectivity index (χ1v) is 6.29. The Morgan fingerprint density at radius 3 is 2.22 bits per heavy atom. The van der Waals surface area contributed by atoms with Gasteiger partial charge in [0.05, 0.1) is 5.56 Å². The maximum absolute atomic E-state index is 10.8. The summed E-state index contributed by atoms with van der Waals surface area (Å²) in [5, 5.41) is 8.84. The van der Waals surface area contributed by atoms with Crippen LogP contribution in [0.5, 0.6) is 0 Å². The molecule has 5 nitrogen and oxygen atoms in total. The number of methoxy groups -OCH3 is 1. The number of carbonyl (C=O) groups is 1. The van der Waals surface area contributed by atoms with Crippen molar-refractivity contribution in [3.63, 3.8) is 0 Å². The summed E-state index contributed by atoms with van der Waals surface area (Å²) < 4.78 is 5.67. The van der Waals surface area contributed by atoms with Gasteiger partial charge in [0.2, 0.25) is 0 Å². The highest BCUT2D eigenvalue weighted by atomic mass is 16.5. The number of nitrogens with zero attached hydrogens (tertiary/aromatic N) is 2. The molecule has 1 N–H and O–H groups in total. The highest BCUT2D eigenvalue weighted by Gasteiger charge is 2.35. The maximum Gasteiger partial charge on any atom is 0.338 e. The summed E-state index contributed by atoms with van der Waals surface area (Å²) in [5.74, 6) is -0.397. The van der Waals surface area contributed by atoms with E-state index in [1.165, 1.54) is 25.2 Å². The van der Waals surface area contributed by atoms with Crippen LogP contribution in [-0.4, -0.2) is 28.2 Å². The molecule has 5 heteroatoms. The minimum atomic E-state index is -1.01. The third-order valence-corrected chi connectivity index (χ3v) is 3.61. The Balaban J connectivity index is 2.28. The van der Waals surface area contributed by atoms with E-state index in [2.05, 4.69) is 9.97 Å². The second kappa shape index (κ2) is 5.44. The number of carboxylic acid groups (broad SMARTS) is 1. The lowest BCUT2D eigenvalue weighted by Crippen LogP contribution is -2.30. The molecular formula is C13H18N2O3. The van der Waals surface area contributed by atoms with Gasteiger partial charge in [-0.15, -0.1) is 0 Å². The van der Waals surface area contributed by atoms with Gasteiger partial charge in [-0.3, -0.25) is 0 Å². The minimum Gasteiger partial charge on any atom is -0.478 e. The van der Waals surface area contributed by atoms with Crippen LogP contribution in [0.4, 0.5) is 0 Å². The summed E-state index contributed by atoms with van der Waals surface area (Å²) in [6, 6.07) is 0. The number of ether oxygens (including phenoxy) is 1. The molecule has 0 unspecified atom stereocenters. The molecule has 1 saturated carbocycles. The highest BCUT2D eigenvalue weighted by Crippen LogP contribution is 2.36. The van der Waals surface area contributed by atoms with Crippen molar-refractivity contribution < 1.29 is 14.6 Å². The van der Waals surface area contributed by atoms with Gasteiger partial charge in [-0.1, -0.05) is 25.7 Å². The normalized spacial score (nSPS) is 19.2. The monoisotopic (exact) mass is 250 g/mol. The molecule has 1 aromatic rings. The van der Waals surface area contributed by atoms with E-state index in [9.17, 15) is 4.79 Å². The number of rotatable bonds is 3. The molecule has 2 rings (SSSR count). The van der Waals surface area contributed by atoms with E-state index in [1.807, 2.05) is 0 Å². The first-order chi connectivity index (χ1) is 8.68. The van der Waals surface area contributed by atoms with Crippen molar-refractivity contribution in [1.29, 1.82) is 0 Å². The minimum absolute atomic E-state index is 0.110. The van der Waals surface area contributed by atoms with E-state index in [4.69, 9.17) is 9.84 Å². The van der Waals surface area contributed by atoms with Crippen molar-refractivity contribution in [2.24, 2.45) is 0 Å². The summed E-state index contributed by atoms with van der Waals surface area (Å²) in [4.78, 5) is 19.2. The van der Waals surface area contributed by atoms with E-state index < -0.39 is 11.6 Å². The van der Waals surface area contributed by atoms with E-state index >= 15 is 0 Å².